The van der Waals surface area contributed by atoms with Gasteiger partial charge in [-0.2, -0.15) is 0 Å². The normalized spacial score (nSPS) is 12.7. The first-order valence-corrected chi connectivity index (χ1v) is 11.1. The molecule has 174 valence electrons. The number of hydrogen-bond acceptors (Lipinski definition) is 5. The van der Waals surface area contributed by atoms with Crippen LogP contribution in [0.2, 0.25) is 0 Å². The van der Waals surface area contributed by atoms with Gasteiger partial charge in [-0.1, -0.05) is 72.8 Å². The quantitative estimate of drug-likeness (QED) is 0.346. The van der Waals surface area contributed by atoms with E-state index in [1.807, 2.05) is 72.8 Å². The van der Waals surface area contributed by atoms with Crippen molar-refractivity contribution in [2.75, 3.05) is 20.8 Å². The van der Waals surface area contributed by atoms with Crippen molar-refractivity contribution in [3.8, 4) is 11.5 Å². The molecule has 0 amide bonds. The molecule has 0 unspecified atom stereocenters. The van der Waals surface area contributed by atoms with E-state index in [2.05, 4.69) is 24.0 Å². The van der Waals surface area contributed by atoms with Gasteiger partial charge in [0, 0.05) is 24.7 Å². The fourth-order valence-electron chi connectivity index (χ4n) is 3.49. The van der Waals surface area contributed by atoms with Crippen LogP contribution in [-0.2, 0) is 29.2 Å². The summed E-state index contributed by atoms with van der Waals surface area (Å²) in [7, 11) is 3.31. The van der Waals surface area contributed by atoms with Crippen LogP contribution < -0.4 is 14.8 Å². The summed E-state index contributed by atoms with van der Waals surface area (Å²) in [6.07, 6.45) is 1.34. The molecule has 3 aromatic rings. The lowest BCUT2D eigenvalue weighted by Crippen LogP contribution is -2.39. The van der Waals surface area contributed by atoms with E-state index >= 15 is 0 Å². The fourth-order valence-corrected chi connectivity index (χ4v) is 3.49. The number of hydrogen-bond donors (Lipinski definition) is 1. The predicted molar refractivity (Wildman–Crippen MR) is 131 cm³/mol. The monoisotopic (exact) mass is 447 g/mol. The third-order valence-electron chi connectivity index (χ3n) is 5.35. The zero-order valence-electron chi connectivity index (χ0n) is 19.4. The molecule has 1 N–H and O–H groups in total. The Balaban J connectivity index is 1.64. The average molecular weight is 448 g/mol. The Bertz CT molecular complexity index is 962. The standard InChI is InChI=1S/C28H33NO4/c1-4-26(32-20-22-11-7-5-8-12-22)28(33-21-23-13-9-6-10-14-23)19-29-18-24-15-16-25(30-2)17-27(24)31-3/h4-17,26,28-29H,1,18-21H2,2-3H3/t26-,28-/m0/s1. The van der Waals surface area contributed by atoms with Gasteiger partial charge in [-0.3, -0.25) is 0 Å². The van der Waals surface area contributed by atoms with Crippen molar-refractivity contribution in [3.63, 3.8) is 0 Å². The van der Waals surface area contributed by atoms with Crippen molar-refractivity contribution < 1.29 is 18.9 Å². The largest absolute Gasteiger partial charge is 0.497 e. The van der Waals surface area contributed by atoms with Gasteiger partial charge >= 0.3 is 0 Å². The SMILES string of the molecule is C=C[C@H](OCc1ccccc1)[C@H](CNCc1ccc(OC)cc1OC)OCc1ccccc1. The molecule has 0 bridgehead atoms. The molecule has 0 aliphatic heterocycles. The lowest BCUT2D eigenvalue weighted by atomic mass is 10.1. The molecule has 5 heteroatoms. The van der Waals surface area contributed by atoms with Crippen LogP contribution in [0.25, 0.3) is 0 Å². The van der Waals surface area contributed by atoms with E-state index in [0.717, 1.165) is 28.2 Å². The van der Waals surface area contributed by atoms with E-state index in [1.165, 1.54) is 0 Å². The van der Waals surface area contributed by atoms with Crippen LogP contribution in [0.15, 0.2) is 91.5 Å². The first kappa shape index (κ1) is 24.5. The number of methoxy groups -OCH3 is 2. The number of rotatable bonds is 14. The molecule has 3 rings (SSSR count). The molecule has 0 aliphatic rings. The number of benzene rings is 3. The zero-order valence-corrected chi connectivity index (χ0v) is 19.4. The Labute approximate surface area is 197 Å². The first-order valence-electron chi connectivity index (χ1n) is 11.1. The summed E-state index contributed by atoms with van der Waals surface area (Å²) in [5.74, 6) is 1.55. The second-order valence-electron chi connectivity index (χ2n) is 7.64. The van der Waals surface area contributed by atoms with Gasteiger partial charge in [-0.25, -0.2) is 0 Å². The topological polar surface area (TPSA) is 49.0 Å². The molecule has 0 heterocycles. The van der Waals surface area contributed by atoms with Crippen molar-refractivity contribution in [1.29, 1.82) is 0 Å². The summed E-state index contributed by atoms with van der Waals surface area (Å²) in [5, 5.41) is 3.49. The van der Waals surface area contributed by atoms with Crippen LogP contribution >= 0.6 is 0 Å². The molecule has 0 saturated heterocycles. The lowest BCUT2D eigenvalue weighted by molar-refractivity contribution is -0.0632. The highest BCUT2D eigenvalue weighted by Gasteiger charge is 2.21. The van der Waals surface area contributed by atoms with Crippen molar-refractivity contribution in [2.45, 2.75) is 32.0 Å². The van der Waals surface area contributed by atoms with Crippen molar-refractivity contribution in [3.05, 3.63) is 108 Å². The summed E-state index contributed by atoms with van der Waals surface area (Å²) in [4.78, 5) is 0. The molecule has 5 nitrogen and oxygen atoms in total. The highest BCUT2D eigenvalue weighted by atomic mass is 16.5. The van der Waals surface area contributed by atoms with Crippen LogP contribution in [0, 0.1) is 0 Å². The Morgan fingerprint density at radius 1 is 0.818 bits per heavy atom. The molecule has 2 atom stereocenters. The van der Waals surface area contributed by atoms with Gasteiger partial charge < -0.3 is 24.3 Å². The molecule has 0 fully saturated rings. The van der Waals surface area contributed by atoms with Crippen LogP contribution in [0.5, 0.6) is 11.5 Å². The minimum Gasteiger partial charge on any atom is -0.497 e. The lowest BCUT2D eigenvalue weighted by Gasteiger charge is -2.26. The Kier molecular flexibility index (Phi) is 9.98. The summed E-state index contributed by atoms with van der Waals surface area (Å²) in [6, 6.07) is 26.1. The zero-order chi connectivity index (χ0) is 23.3. The summed E-state index contributed by atoms with van der Waals surface area (Å²) in [6.45, 7) is 6.21. The summed E-state index contributed by atoms with van der Waals surface area (Å²) in [5.41, 5.74) is 3.27. The van der Waals surface area contributed by atoms with Crippen LogP contribution in [0.3, 0.4) is 0 Å². The number of nitrogens with one attached hydrogen (secondary N) is 1. The molecule has 0 radical (unpaired) electrons. The molecule has 0 aromatic heterocycles. The molecule has 3 aromatic carbocycles. The van der Waals surface area contributed by atoms with Crippen molar-refractivity contribution in [2.24, 2.45) is 0 Å². The molecular formula is C28H33NO4. The third-order valence-corrected chi connectivity index (χ3v) is 5.35. The van der Waals surface area contributed by atoms with Gasteiger partial charge in [0.25, 0.3) is 0 Å². The van der Waals surface area contributed by atoms with E-state index in [9.17, 15) is 0 Å². The smallest absolute Gasteiger partial charge is 0.127 e. The van der Waals surface area contributed by atoms with Gasteiger partial charge in [0.05, 0.1) is 27.4 Å². The van der Waals surface area contributed by atoms with Gasteiger partial charge in [-0.05, 0) is 17.2 Å². The van der Waals surface area contributed by atoms with Gasteiger partial charge in [0.1, 0.15) is 23.7 Å². The highest BCUT2D eigenvalue weighted by Crippen LogP contribution is 2.24. The first-order chi connectivity index (χ1) is 16.2. The number of ether oxygens (including phenoxy) is 4. The predicted octanol–water partition coefficient (Wildman–Crippen LogP) is 5.15. The molecule has 0 aliphatic carbocycles. The van der Waals surface area contributed by atoms with E-state index in [-0.39, 0.29) is 12.2 Å². The van der Waals surface area contributed by atoms with Gasteiger partial charge in [0.2, 0.25) is 0 Å². The molecule has 0 spiro atoms. The van der Waals surface area contributed by atoms with E-state index in [4.69, 9.17) is 18.9 Å². The van der Waals surface area contributed by atoms with E-state index < -0.39 is 0 Å². The van der Waals surface area contributed by atoms with Gasteiger partial charge in [0.15, 0.2) is 0 Å². The summed E-state index contributed by atoms with van der Waals surface area (Å²) < 4.78 is 23.3. The Morgan fingerprint density at radius 2 is 1.45 bits per heavy atom. The fraction of sp³-hybridized carbons (Fsp3) is 0.286. The highest BCUT2D eigenvalue weighted by molar-refractivity contribution is 5.40. The van der Waals surface area contributed by atoms with Crippen molar-refractivity contribution in [1.82, 2.24) is 5.32 Å². The Hall–Kier alpha value is -3.12. The molecular weight excluding hydrogens is 414 g/mol. The van der Waals surface area contributed by atoms with E-state index in [0.29, 0.717) is 26.3 Å². The minimum atomic E-state index is -0.265. The second kappa shape index (κ2) is 13.4. The third kappa shape index (κ3) is 7.75. The van der Waals surface area contributed by atoms with Crippen LogP contribution in [0.1, 0.15) is 16.7 Å². The van der Waals surface area contributed by atoms with Gasteiger partial charge in [-0.15, -0.1) is 6.58 Å². The molecule has 0 saturated carbocycles. The maximum absolute atomic E-state index is 6.29. The van der Waals surface area contributed by atoms with Crippen molar-refractivity contribution >= 4 is 0 Å². The maximum Gasteiger partial charge on any atom is 0.127 e. The Morgan fingerprint density at radius 3 is 2.03 bits per heavy atom. The second-order valence-corrected chi connectivity index (χ2v) is 7.64. The maximum atomic E-state index is 6.29. The minimum absolute atomic E-state index is 0.212. The summed E-state index contributed by atoms with van der Waals surface area (Å²) >= 11 is 0. The van der Waals surface area contributed by atoms with Crippen LogP contribution in [0.4, 0.5) is 0 Å². The molecule has 33 heavy (non-hydrogen) atoms. The van der Waals surface area contributed by atoms with E-state index in [1.54, 1.807) is 14.2 Å². The average Bonchev–Trinajstić information content (AvgIpc) is 2.88. The van der Waals surface area contributed by atoms with Crippen LogP contribution in [-0.4, -0.2) is 33.0 Å².